The van der Waals surface area contributed by atoms with Crippen LogP contribution in [0.3, 0.4) is 0 Å². The van der Waals surface area contributed by atoms with Crippen molar-refractivity contribution in [3.63, 3.8) is 0 Å². The molecule has 1 N–H and O–H groups in total. The number of ether oxygens (including phenoxy) is 3. The Hall–Kier alpha value is -5.55. The van der Waals surface area contributed by atoms with Crippen molar-refractivity contribution >= 4 is 38.5 Å². The number of pyridine rings is 1. The largest absolute Gasteiger partial charge is 0.484 e. The molecule has 0 aliphatic carbocycles. The first-order chi connectivity index (χ1) is 24.7. The average molecular weight is 742 g/mol. The minimum atomic E-state index is -4.40. The lowest BCUT2D eigenvalue weighted by Crippen LogP contribution is -2.48. The van der Waals surface area contributed by atoms with Gasteiger partial charge in [-0.2, -0.15) is 21.6 Å². The zero-order valence-corrected chi connectivity index (χ0v) is 29.1. The first-order valence-corrected chi connectivity index (χ1v) is 17.4. The highest BCUT2D eigenvalue weighted by Crippen LogP contribution is 2.29. The number of benzene rings is 2. The van der Waals surface area contributed by atoms with Gasteiger partial charge in [-0.15, -0.1) is 0 Å². The summed E-state index contributed by atoms with van der Waals surface area (Å²) in [5.74, 6) is 0.0583. The Morgan fingerprint density at radius 2 is 1.67 bits per heavy atom. The lowest BCUT2D eigenvalue weighted by molar-refractivity contribution is -0.153. The minimum absolute atomic E-state index is 0.00198. The number of carbonyl (C=O) groups is 2. The van der Waals surface area contributed by atoms with E-state index in [-0.39, 0.29) is 34.5 Å². The number of sulfonamides is 1. The fraction of sp³-hybridized carbons (Fsp3) is 0.286. The van der Waals surface area contributed by atoms with Gasteiger partial charge in [-0.3, -0.25) is 14.4 Å². The molecule has 2 aromatic carbocycles. The number of nitrogens with one attached hydrogen (secondary N) is 1. The number of esters is 1. The number of alkyl halides is 3. The van der Waals surface area contributed by atoms with Gasteiger partial charge in [0.05, 0.1) is 24.5 Å². The third-order valence-electron chi connectivity index (χ3n) is 8.40. The zero-order chi connectivity index (χ0) is 37.2. The Balaban J connectivity index is 1.04. The van der Waals surface area contributed by atoms with Crippen molar-refractivity contribution < 1.29 is 49.8 Å². The molecular formula is C35H34F3N5O8S. The smallest absolute Gasteiger partial charge is 0.422 e. The molecule has 3 aromatic heterocycles. The van der Waals surface area contributed by atoms with Crippen LogP contribution >= 0.6 is 0 Å². The molecule has 17 heteroatoms. The fourth-order valence-electron chi connectivity index (χ4n) is 5.69. The number of piperazine rings is 1. The molecule has 4 heterocycles. The zero-order valence-electron chi connectivity index (χ0n) is 28.3. The molecule has 1 aliphatic rings. The maximum atomic E-state index is 13.6. The molecule has 52 heavy (non-hydrogen) atoms. The van der Waals surface area contributed by atoms with Gasteiger partial charge in [0.2, 0.25) is 11.0 Å². The monoisotopic (exact) mass is 741 g/mol. The second-order valence-corrected chi connectivity index (χ2v) is 13.7. The van der Waals surface area contributed by atoms with Crippen molar-refractivity contribution in [2.75, 3.05) is 44.6 Å². The first-order valence-electron chi connectivity index (χ1n) is 15.9. The molecule has 1 fully saturated rings. The van der Waals surface area contributed by atoms with E-state index in [9.17, 15) is 31.2 Å². The number of aromatic nitrogens is 2. The van der Waals surface area contributed by atoms with Crippen LogP contribution in [0.4, 0.5) is 18.9 Å². The van der Waals surface area contributed by atoms with Crippen molar-refractivity contribution in [3.05, 3.63) is 95.5 Å². The number of anilines is 1. The molecule has 6 rings (SSSR count). The van der Waals surface area contributed by atoms with Gasteiger partial charge in [0.1, 0.15) is 28.5 Å². The second-order valence-electron chi connectivity index (χ2n) is 12.0. The molecule has 274 valence electrons. The van der Waals surface area contributed by atoms with E-state index in [2.05, 4.69) is 19.3 Å². The molecule has 0 saturated carbocycles. The quantitative estimate of drug-likeness (QED) is 0.166. The lowest BCUT2D eigenvalue weighted by Gasteiger charge is -2.34. The van der Waals surface area contributed by atoms with Crippen LogP contribution in [0.5, 0.6) is 17.4 Å². The van der Waals surface area contributed by atoms with Gasteiger partial charge in [0, 0.05) is 63.4 Å². The van der Waals surface area contributed by atoms with Crippen molar-refractivity contribution in [2.45, 2.75) is 24.7 Å². The standard InChI is InChI=1S/C35H34F3N5O8S/c1-22-28(34(45)48-3)18-32(50-22)52(46,47)40-25-7-11-31(39-19-25)51-27-10-6-24-16-30(41(2)29(24)17-27)33(44)43-14-12-42(13-15-43)20-23-4-8-26(9-5-23)49-21-35(36,37)38/h4-11,16-19,40H,12-15,20-21H2,1-3H3. The predicted octanol–water partition coefficient (Wildman–Crippen LogP) is 5.75. The number of carbonyl (C=O) groups excluding carboxylic acids is 2. The normalized spacial score (nSPS) is 14.0. The summed E-state index contributed by atoms with van der Waals surface area (Å²) in [5, 5.41) is 0.380. The van der Waals surface area contributed by atoms with Gasteiger partial charge in [-0.05, 0) is 48.9 Å². The summed E-state index contributed by atoms with van der Waals surface area (Å²) in [4.78, 5) is 33.6. The topological polar surface area (TPSA) is 145 Å². The van der Waals surface area contributed by atoms with Gasteiger partial charge < -0.3 is 28.1 Å². The summed E-state index contributed by atoms with van der Waals surface area (Å²) in [5.41, 5.74) is 2.33. The molecule has 13 nitrogen and oxygen atoms in total. The number of hydrogen-bond donors (Lipinski definition) is 1. The lowest BCUT2D eigenvalue weighted by atomic mass is 10.2. The molecule has 1 saturated heterocycles. The highest BCUT2D eigenvalue weighted by molar-refractivity contribution is 7.92. The number of rotatable bonds is 11. The maximum Gasteiger partial charge on any atom is 0.422 e. The van der Waals surface area contributed by atoms with Crippen LogP contribution in [0.15, 0.2) is 82.4 Å². The van der Waals surface area contributed by atoms with E-state index in [0.29, 0.717) is 44.2 Å². The molecule has 5 aromatic rings. The predicted molar refractivity (Wildman–Crippen MR) is 182 cm³/mol. The van der Waals surface area contributed by atoms with Crippen LogP contribution < -0.4 is 14.2 Å². The first kappa shape index (κ1) is 36.2. The van der Waals surface area contributed by atoms with E-state index in [1.807, 2.05) is 12.1 Å². The van der Waals surface area contributed by atoms with Crippen LogP contribution in [0, 0.1) is 6.92 Å². The van der Waals surface area contributed by atoms with Crippen molar-refractivity contribution in [1.82, 2.24) is 19.4 Å². The number of aryl methyl sites for hydroxylation is 2. The highest BCUT2D eigenvalue weighted by atomic mass is 32.2. The van der Waals surface area contributed by atoms with Crippen molar-refractivity contribution in [2.24, 2.45) is 7.05 Å². The molecule has 0 radical (unpaired) electrons. The summed E-state index contributed by atoms with van der Waals surface area (Å²) in [6.07, 6.45) is -3.12. The Morgan fingerprint density at radius 1 is 0.962 bits per heavy atom. The third kappa shape index (κ3) is 8.32. The molecule has 0 unspecified atom stereocenters. The summed E-state index contributed by atoms with van der Waals surface area (Å²) >= 11 is 0. The molecule has 0 spiro atoms. The Morgan fingerprint density at radius 3 is 2.33 bits per heavy atom. The maximum absolute atomic E-state index is 13.6. The minimum Gasteiger partial charge on any atom is -0.484 e. The van der Waals surface area contributed by atoms with E-state index in [0.717, 1.165) is 22.5 Å². The molecule has 0 atom stereocenters. The van der Waals surface area contributed by atoms with Crippen molar-refractivity contribution in [3.8, 4) is 17.4 Å². The SMILES string of the molecule is COC(=O)c1cc(S(=O)(=O)Nc2ccc(Oc3ccc4cc(C(=O)N5CCN(Cc6ccc(OCC(F)(F)F)cc6)CC5)n(C)c4c3)nc2)oc1C. The molecule has 0 bridgehead atoms. The Labute approximate surface area is 296 Å². The number of fused-ring (bicyclic) bond motifs is 1. The van der Waals surface area contributed by atoms with Gasteiger partial charge in [0.15, 0.2) is 6.61 Å². The number of furan rings is 1. The molecule has 1 amide bonds. The second kappa shape index (κ2) is 14.6. The van der Waals surface area contributed by atoms with Crippen LogP contribution in [-0.2, 0) is 28.4 Å². The third-order valence-corrected chi connectivity index (χ3v) is 9.64. The average Bonchev–Trinajstić information content (AvgIpc) is 3.68. The number of hydrogen-bond acceptors (Lipinski definition) is 10. The van der Waals surface area contributed by atoms with Gasteiger partial charge in [-0.1, -0.05) is 12.1 Å². The number of nitrogens with zero attached hydrogens (tertiary/aromatic N) is 4. The van der Waals surface area contributed by atoms with Crippen LogP contribution in [0.2, 0.25) is 0 Å². The van der Waals surface area contributed by atoms with E-state index in [4.69, 9.17) is 13.9 Å². The van der Waals surface area contributed by atoms with Gasteiger partial charge >= 0.3 is 12.1 Å². The van der Waals surface area contributed by atoms with Crippen LogP contribution in [0.25, 0.3) is 10.9 Å². The number of amides is 1. The van der Waals surface area contributed by atoms with Gasteiger partial charge in [-0.25, -0.2) is 9.78 Å². The van der Waals surface area contributed by atoms with E-state index in [1.165, 1.54) is 44.5 Å². The fourth-order valence-corrected chi connectivity index (χ4v) is 6.73. The summed E-state index contributed by atoms with van der Waals surface area (Å²) < 4.78 is 87.6. The molecule has 1 aliphatic heterocycles. The Kier molecular flexibility index (Phi) is 10.2. The summed E-state index contributed by atoms with van der Waals surface area (Å²) in [7, 11) is -1.19. The van der Waals surface area contributed by atoms with Gasteiger partial charge in [0.25, 0.3) is 15.9 Å². The number of halogens is 3. The molecular weight excluding hydrogens is 707 g/mol. The van der Waals surface area contributed by atoms with E-state index >= 15 is 0 Å². The summed E-state index contributed by atoms with van der Waals surface area (Å²) in [6.45, 7) is 2.99. The van der Waals surface area contributed by atoms with E-state index in [1.54, 1.807) is 40.8 Å². The van der Waals surface area contributed by atoms with Crippen LogP contribution in [0.1, 0.15) is 32.2 Å². The highest BCUT2D eigenvalue weighted by Gasteiger charge is 2.29. The van der Waals surface area contributed by atoms with E-state index < -0.39 is 33.9 Å². The van der Waals surface area contributed by atoms with Crippen LogP contribution in [-0.4, -0.2) is 85.7 Å². The van der Waals surface area contributed by atoms with Crippen molar-refractivity contribution in [1.29, 1.82) is 0 Å². The summed E-state index contributed by atoms with van der Waals surface area (Å²) in [6, 6.07) is 17.7. The Bertz CT molecular complexity index is 2190. The number of methoxy groups -OCH3 is 1.